The Bertz CT molecular complexity index is 1000. The Kier molecular flexibility index (Phi) is 4.50. The second-order valence-corrected chi connectivity index (χ2v) is 6.31. The van der Waals surface area contributed by atoms with Crippen molar-refractivity contribution in [3.8, 4) is 0 Å². The molecule has 0 radical (unpaired) electrons. The number of aromatic nitrogens is 2. The lowest BCUT2D eigenvalue weighted by molar-refractivity contribution is -0.122. The molecule has 2 N–H and O–H groups in total. The van der Waals surface area contributed by atoms with Crippen LogP contribution < -0.4 is 21.9 Å². The predicted octanol–water partition coefficient (Wildman–Crippen LogP) is 0.711. The largest absolute Gasteiger partial charge is 0.332 e. The van der Waals surface area contributed by atoms with E-state index in [0.717, 1.165) is 16.6 Å². The third-order valence-electron chi connectivity index (χ3n) is 4.64. The van der Waals surface area contributed by atoms with Crippen molar-refractivity contribution < 1.29 is 9.59 Å². The summed E-state index contributed by atoms with van der Waals surface area (Å²) in [7, 11) is 2.82. The van der Waals surface area contributed by atoms with Gasteiger partial charge in [-0.2, -0.15) is 0 Å². The Balaban J connectivity index is 1.85. The number of hydrogen-bond donors (Lipinski definition) is 2. The van der Waals surface area contributed by atoms with E-state index in [4.69, 9.17) is 0 Å². The summed E-state index contributed by atoms with van der Waals surface area (Å²) in [5, 5.41) is 5.27. The summed E-state index contributed by atoms with van der Waals surface area (Å²) in [6.07, 6.45) is 0.719. The van der Waals surface area contributed by atoms with Crippen LogP contribution in [0.3, 0.4) is 0 Å². The number of rotatable bonds is 4. The first-order chi connectivity index (χ1) is 12.3. The average molecular weight is 356 g/mol. The fourth-order valence-electron chi connectivity index (χ4n) is 3.09. The Labute approximate surface area is 149 Å². The topological polar surface area (TPSA) is 102 Å². The molecule has 2 amide bonds. The quantitative estimate of drug-likeness (QED) is 0.842. The molecule has 26 heavy (non-hydrogen) atoms. The van der Waals surface area contributed by atoms with Gasteiger partial charge in [0.1, 0.15) is 5.82 Å². The summed E-state index contributed by atoms with van der Waals surface area (Å²) in [6, 6.07) is 7.42. The number of benzene rings is 1. The van der Waals surface area contributed by atoms with E-state index in [1.165, 1.54) is 18.7 Å². The molecule has 1 aliphatic heterocycles. The highest BCUT2D eigenvalue weighted by Gasteiger charge is 2.37. The first kappa shape index (κ1) is 17.7. The third kappa shape index (κ3) is 2.94. The summed E-state index contributed by atoms with van der Waals surface area (Å²) < 4.78 is 2.14. The summed E-state index contributed by atoms with van der Waals surface area (Å²) in [5.41, 5.74) is 0.827. The molecule has 2 aromatic rings. The van der Waals surface area contributed by atoms with Crippen LogP contribution in [-0.2, 0) is 30.1 Å². The number of amides is 2. The highest BCUT2D eigenvalue weighted by molar-refractivity contribution is 6.05. The van der Waals surface area contributed by atoms with E-state index < -0.39 is 23.1 Å². The van der Waals surface area contributed by atoms with Gasteiger partial charge in [0.25, 0.3) is 5.56 Å². The number of aryl methyl sites for hydroxylation is 1. The third-order valence-corrected chi connectivity index (χ3v) is 4.64. The van der Waals surface area contributed by atoms with Crippen molar-refractivity contribution in [1.29, 1.82) is 0 Å². The Morgan fingerprint density at radius 1 is 1.12 bits per heavy atom. The predicted molar refractivity (Wildman–Crippen MR) is 97.4 cm³/mol. The molecular formula is C18H20N4O4. The molecule has 8 nitrogen and oxygen atoms in total. The summed E-state index contributed by atoms with van der Waals surface area (Å²) in [5.74, 6) is -1.61. The fourth-order valence-corrected chi connectivity index (χ4v) is 3.09. The molecule has 1 aliphatic rings. The summed E-state index contributed by atoms with van der Waals surface area (Å²) >= 11 is 0. The van der Waals surface area contributed by atoms with Crippen LogP contribution in [-0.4, -0.2) is 20.9 Å². The van der Waals surface area contributed by atoms with Crippen LogP contribution in [0.25, 0.3) is 0 Å². The maximum atomic E-state index is 12.4. The molecule has 0 saturated heterocycles. The van der Waals surface area contributed by atoms with E-state index in [-0.39, 0.29) is 23.7 Å². The van der Waals surface area contributed by atoms with E-state index in [9.17, 15) is 19.2 Å². The van der Waals surface area contributed by atoms with Crippen LogP contribution in [0.2, 0.25) is 0 Å². The van der Waals surface area contributed by atoms with Crippen molar-refractivity contribution >= 4 is 23.3 Å². The van der Waals surface area contributed by atoms with Crippen LogP contribution in [0.5, 0.6) is 0 Å². The van der Waals surface area contributed by atoms with Crippen LogP contribution >= 0.6 is 0 Å². The van der Waals surface area contributed by atoms with Gasteiger partial charge in [-0.3, -0.25) is 23.5 Å². The molecule has 136 valence electrons. The lowest BCUT2D eigenvalue weighted by Crippen LogP contribution is -2.39. The second-order valence-electron chi connectivity index (χ2n) is 6.31. The second kappa shape index (κ2) is 6.62. The van der Waals surface area contributed by atoms with Crippen LogP contribution in [0.15, 0.2) is 33.9 Å². The Hall–Kier alpha value is -3.16. The zero-order valence-corrected chi connectivity index (χ0v) is 14.8. The van der Waals surface area contributed by atoms with Crippen LogP contribution in [0, 0.1) is 0 Å². The summed E-state index contributed by atoms with van der Waals surface area (Å²) in [6.45, 7) is 2.04. The molecule has 8 heteroatoms. The van der Waals surface area contributed by atoms with Gasteiger partial charge in [0, 0.05) is 26.2 Å². The molecule has 1 atom stereocenters. The first-order valence-corrected chi connectivity index (χ1v) is 8.33. The van der Waals surface area contributed by atoms with Crippen LogP contribution in [0.1, 0.15) is 30.4 Å². The van der Waals surface area contributed by atoms with Gasteiger partial charge < -0.3 is 10.6 Å². The zero-order chi connectivity index (χ0) is 19.0. The molecule has 0 spiro atoms. The number of nitrogens with zero attached hydrogens (tertiary/aromatic N) is 2. The molecule has 0 fully saturated rings. The lowest BCUT2D eigenvalue weighted by atomic mass is 9.99. The minimum atomic E-state index is -0.926. The SMILES string of the molecule is CCc1ccc(NC(=O)C[C@@H]2C(=O)Nc3c2c(=O)n(C)c(=O)n3C)cc1. The maximum Gasteiger partial charge on any atom is 0.332 e. The van der Waals surface area contributed by atoms with Crippen LogP contribution in [0.4, 0.5) is 11.5 Å². The first-order valence-electron chi connectivity index (χ1n) is 8.33. The highest BCUT2D eigenvalue weighted by Crippen LogP contribution is 2.31. The van der Waals surface area contributed by atoms with Gasteiger partial charge in [-0.05, 0) is 24.1 Å². The zero-order valence-electron chi connectivity index (χ0n) is 14.8. The molecular weight excluding hydrogens is 336 g/mol. The number of carbonyl (C=O) groups is 2. The van der Waals surface area contributed by atoms with E-state index in [1.807, 2.05) is 19.1 Å². The lowest BCUT2D eigenvalue weighted by Gasteiger charge is -2.11. The van der Waals surface area contributed by atoms with Crippen molar-refractivity contribution in [2.75, 3.05) is 10.6 Å². The molecule has 1 aromatic carbocycles. The van der Waals surface area contributed by atoms with E-state index >= 15 is 0 Å². The van der Waals surface area contributed by atoms with Gasteiger partial charge in [-0.1, -0.05) is 19.1 Å². The molecule has 1 aromatic heterocycles. The van der Waals surface area contributed by atoms with Gasteiger partial charge in [-0.25, -0.2) is 4.79 Å². The smallest absolute Gasteiger partial charge is 0.326 e. The molecule has 0 saturated carbocycles. The van der Waals surface area contributed by atoms with E-state index in [2.05, 4.69) is 10.6 Å². The summed E-state index contributed by atoms with van der Waals surface area (Å²) in [4.78, 5) is 49.0. The number of fused-ring (bicyclic) bond motifs is 1. The minimum absolute atomic E-state index is 0.149. The Morgan fingerprint density at radius 2 is 1.77 bits per heavy atom. The monoisotopic (exact) mass is 356 g/mol. The van der Waals surface area contributed by atoms with Crippen molar-refractivity contribution in [1.82, 2.24) is 9.13 Å². The van der Waals surface area contributed by atoms with E-state index in [1.54, 1.807) is 12.1 Å². The minimum Gasteiger partial charge on any atom is -0.326 e. The normalized spacial score (nSPS) is 15.5. The highest BCUT2D eigenvalue weighted by atomic mass is 16.2. The molecule has 0 aliphatic carbocycles. The number of carbonyl (C=O) groups excluding carboxylic acids is 2. The molecule has 0 bridgehead atoms. The number of nitrogens with one attached hydrogen (secondary N) is 2. The average Bonchev–Trinajstić information content (AvgIpc) is 2.95. The van der Waals surface area contributed by atoms with Crippen molar-refractivity contribution in [2.45, 2.75) is 25.7 Å². The standard InChI is InChI=1S/C18H20N4O4/c1-4-10-5-7-11(8-6-10)19-13(23)9-12-14-15(20-16(12)24)21(2)18(26)22(3)17(14)25/h5-8,12H,4,9H2,1-3H3,(H,19,23)(H,20,24)/t12-/m0/s1. The van der Waals surface area contributed by atoms with Gasteiger partial charge in [0.05, 0.1) is 11.5 Å². The number of hydrogen-bond acceptors (Lipinski definition) is 4. The molecule has 2 heterocycles. The van der Waals surface area contributed by atoms with Crippen molar-refractivity contribution in [3.63, 3.8) is 0 Å². The van der Waals surface area contributed by atoms with E-state index in [0.29, 0.717) is 5.69 Å². The van der Waals surface area contributed by atoms with Gasteiger partial charge in [0.2, 0.25) is 11.8 Å². The molecule has 3 rings (SSSR count). The number of anilines is 2. The van der Waals surface area contributed by atoms with Gasteiger partial charge >= 0.3 is 5.69 Å². The van der Waals surface area contributed by atoms with Crippen molar-refractivity contribution in [2.24, 2.45) is 14.1 Å². The fraction of sp³-hybridized carbons (Fsp3) is 0.333. The maximum absolute atomic E-state index is 12.4. The van der Waals surface area contributed by atoms with Gasteiger partial charge in [0.15, 0.2) is 0 Å². The molecule has 0 unspecified atom stereocenters. The van der Waals surface area contributed by atoms with Crippen molar-refractivity contribution in [3.05, 3.63) is 56.2 Å². The van der Waals surface area contributed by atoms with Gasteiger partial charge in [-0.15, -0.1) is 0 Å². The Morgan fingerprint density at radius 3 is 2.38 bits per heavy atom.